The van der Waals surface area contributed by atoms with E-state index in [0.717, 1.165) is 24.4 Å². The van der Waals surface area contributed by atoms with Crippen LogP contribution < -0.4 is 4.74 Å². The van der Waals surface area contributed by atoms with Gasteiger partial charge in [-0.05, 0) is 12.1 Å². The molecule has 0 spiro atoms. The second-order valence-corrected chi connectivity index (χ2v) is 3.79. The zero-order valence-corrected chi connectivity index (χ0v) is 10.1. The predicted octanol–water partition coefficient (Wildman–Crippen LogP) is 2.76. The van der Waals surface area contributed by atoms with Gasteiger partial charge in [0.25, 0.3) is 5.69 Å². The molecular formula is C12H6F2N2O5. The van der Waals surface area contributed by atoms with Gasteiger partial charge in [-0.1, -0.05) is 0 Å². The maximum atomic E-state index is 13.4. The number of nitrogens with zero attached hydrogens (tertiary/aromatic N) is 2. The normalized spacial score (nSPS) is 10.2. The molecule has 0 radical (unpaired) electrons. The van der Waals surface area contributed by atoms with Crippen molar-refractivity contribution in [1.29, 1.82) is 0 Å². The Bertz CT molecular complexity index is 736. The Morgan fingerprint density at radius 3 is 2.62 bits per heavy atom. The molecular weight excluding hydrogens is 290 g/mol. The van der Waals surface area contributed by atoms with Crippen LogP contribution in [0.25, 0.3) is 0 Å². The van der Waals surface area contributed by atoms with Crippen LogP contribution in [-0.2, 0) is 0 Å². The fourth-order valence-electron chi connectivity index (χ4n) is 1.44. The Hall–Kier alpha value is -3.10. The van der Waals surface area contributed by atoms with E-state index in [-0.39, 0.29) is 0 Å². The number of carboxylic acids is 1. The fraction of sp³-hybridized carbons (Fsp3) is 0. The number of hydrogen-bond donors (Lipinski definition) is 1. The minimum Gasteiger partial charge on any atom is -0.477 e. The molecule has 0 aliphatic rings. The topological polar surface area (TPSA) is 103 Å². The van der Waals surface area contributed by atoms with Crippen molar-refractivity contribution in [2.24, 2.45) is 0 Å². The lowest BCUT2D eigenvalue weighted by atomic mass is 10.2. The van der Waals surface area contributed by atoms with Crippen molar-refractivity contribution in [3.05, 3.63) is 57.8 Å². The summed E-state index contributed by atoms with van der Waals surface area (Å²) < 4.78 is 31.1. The predicted molar refractivity (Wildman–Crippen MR) is 64.3 cm³/mol. The second-order valence-electron chi connectivity index (χ2n) is 3.79. The second kappa shape index (κ2) is 5.49. The summed E-state index contributed by atoms with van der Waals surface area (Å²) >= 11 is 0. The van der Waals surface area contributed by atoms with Crippen LogP contribution in [0.5, 0.6) is 11.6 Å². The van der Waals surface area contributed by atoms with Crippen LogP contribution >= 0.6 is 0 Å². The Morgan fingerprint density at radius 1 is 1.33 bits per heavy atom. The number of rotatable bonds is 4. The van der Waals surface area contributed by atoms with Gasteiger partial charge in [0, 0.05) is 12.1 Å². The Balaban J connectivity index is 2.44. The molecule has 1 N–H and O–H groups in total. The van der Waals surface area contributed by atoms with Crippen molar-refractivity contribution in [3.63, 3.8) is 0 Å². The number of benzene rings is 1. The number of nitro groups is 1. The number of ether oxygens (including phenoxy) is 1. The number of hydrogen-bond acceptors (Lipinski definition) is 5. The van der Waals surface area contributed by atoms with Crippen molar-refractivity contribution < 1.29 is 28.3 Å². The van der Waals surface area contributed by atoms with E-state index in [1.807, 2.05) is 0 Å². The van der Waals surface area contributed by atoms with E-state index in [0.29, 0.717) is 6.07 Å². The van der Waals surface area contributed by atoms with Crippen molar-refractivity contribution in [2.45, 2.75) is 0 Å². The molecule has 2 aromatic rings. The van der Waals surface area contributed by atoms with Crippen LogP contribution in [0.4, 0.5) is 14.5 Å². The van der Waals surface area contributed by atoms with Gasteiger partial charge in [-0.15, -0.1) is 0 Å². The quantitative estimate of drug-likeness (QED) is 0.687. The van der Waals surface area contributed by atoms with Crippen molar-refractivity contribution >= 4 is 11.7 Å². The third-order valence-corrected chi connectivity index (χ3v) is 2.38. The van der Waals surface area contributed by atoms with Crippen LogP contribution in [0, 0.1) is 21.7 Å². The highest BCUT2D eigenvalue weighted by molar-refractivity contribution is 5.91. The minimum absolute atomic E-state index is 0.458. The van der Waals surface area contributed by atoms with Gasteiger partial charge in [-0.2, -0.15) is 0 Å². The summed E-state index contributed by atoms with van der Waals surface area (Å²) in [4.78, 5) is 24.2. The Kier molecular flexibility index (Phi) is 3.74. The number of halogens is 2. The van der Waals surface area contributed by atoms with Crippen LogP contribution in [0.1, 0.15) is 10.4 Å². The molecule has 0 amide bonds. The minimum atomic E-state index is -1.54. The molecule has 21 heavy (non-hydrogen) atoms. The molecule has 9 heteroatoms. The van der Waals surface area contributed by atoms with Gasteiger partial charge in [-0.25, -0.2) is 18.6 Å². The maximum absolute atomic E-state index is 13.4. The standard InChI is InChI=1S/C12H6F2N2O5/c13-6-1-2-10(9(14)3-6)21-11-8(12(17)18)4-7(5-15-11)16(19)20/h1-5H,(H,17,18). The van der Waals surface area contributed by atoms with Crippen molar-refractivity contribution in [2.75, 3.05) is 0 Å². The van der Waals surface area contributed by atoms with Crippen LogP contribution in [-0.4, -0.2) is 21.0 Å². The van der Waals surface area contributed by atoms with E-state index in [2.05, 4.69) is 4.98 Å². The van der Waals surface area contributed by atoms with Crippen LogP contribution in [0.3, 0.4) is 0 Å². The van der Waals surface area contributed by atoms with Gasteiger partial charge in [0.15, 0.2) is 11.6 Å². The molecule has 1 aromatic carbocycles. The number of aromatic nitrogens is 1. The average Bonchev–Trinajstić information content (AvgIpc) is 2.41. The van der Waals surface area contributed by atoms with Gasteiger partial charge in [0.1, 0.15) is 17.6 Å². The van der Waals surface area contributed by atoms with Gasteiger partial charge in [0.05, 0.1) is 4.92 Å². The molecule has 0 aliphatic carbocycles. The van der Waals surface area contributed by atoms with E-state index in [9.17, 15) is 23.7 Å². The van der Waals surface area contributed by atoms with E-state index in [1.54, 1.807) is 0 Å². The summed E-state index contributed by atoms with van der Waals surface area (Å²) in [7, 11) is 0. The molecule has 0 fully saturated rings. The van der Waals surface area contributed by atoms with Crippen molar-refractivity contribution in [1.82, 2.24) is 4.98 Å². The summed E-state index contributed by atoms with van der Waals surface area (Å²) in [5.41, 5.74) is -1.17. The smallest absolute Gasteiger partial charge is 0.341 e. The largest absolute Gasteiger partial charge is 0.477 e. The van der Waals surface area contributed by atoms with Crippen molar-refractivity contribution in [3.8, 4) is 11.6 Å². The summed E-state index contributed by atoms with van der Waals surface area (Å²) in [5.74, 6) is -4.44. The van der Waals surface area contributed by atoms with Gasteiger partial charge >= 0.3 is 5.97 Å². The van der Waals surface area contributed by atoms with Gasteiger partial charge in [0.2, 0.25) is 5.88 Å². The number of aromatic carboxylic acids is 1. The number of carboxylic acid groups (broad SMARTS) is 1. The number of carbonyl (C=O) groups is 1. The summed E-state index contributed by atoms with van der Waals surface area (Å²) in [5, 5.41) is 19.5. The molecule has 1 heterocycles. The summed E-state index contributed by atoms with van der Waals surface area (Å²) in [6.07, 6.45) is 0.767. The lowest BCUT2D eigenvalue weighted by Crippen LogP contribution is -2.04. The molecule has 7 nitrogen and oxygen atoms in total. The first-order valence-electron chi connectivity index (χ1n) is 5.39. The monoisotopic (exact) mass is 296 g/mol. The average molecular weight is 296 g/mol. The summed E-state index contributed by atoms with van der Waals surface area (Å²) in [6.45, 7) is 0. The maximum Gasteiger partial charge on any atom is 0.341 e. The molecule has 108 valence electrons. The van der Waals surface area contributed by atoms with Crippen LogP contribution in [0.15, 0.2) is 30.5 Å². The summed E-state index contributed by atoms with van der Waals surface area (Å²) in [6, 6.07) is 3.12. The zero-order valence-electron chi connectivity index (χ0n) is 10.1. The van der Waals surface area contributed by atoms with E-state index < -0.39 is 45.4 Å². The first-order valence-corrected chi connectivity index (χ1v) is 5.39. The molecule has 2 rings (SSSR count). The zero-order chi connectivity index (χ0) is 15.6. The Labute approximate surface area is 115 Å². The molecule has 0 saturated carbocycles. The molecule has 0 saturated heterocycles. The third-order valence-electron chi connectivity index (χ3n) is 2.38. The molecule has 0 unspecified atom stereocenters. The van der Waals surface area contributed by atoms with E-state index in [4.69, 9.17) is 9.84 Å². The highest BCUT2D eigenvalue weighted by Crippen LogP contribution is 2.28. The first kappa shape index (κ1) is 14.3. The lowest BCUT2D eigenvalue weighted by Gasteiger charge is -2.08. The SMILES string of the molecule is O=C(O)c1cc([N+](=O)[O-])cnc1Oc1ccc(F)cc1F. The molecule has 0 atom stereocenters. The van der Waals surface area contributed by atoms with Gasteiger partial charge in [-0.3, -0.25) is 10.1 Å². The molecule has 1 aromatic heterocycles. The third kappa shape index (κ3) is 3.08. The molecule has 0 aliphatic heterocycles. The first-order chi connectivity index (χ1) is 9.88. The highest BCUT2D eigenvalue weighted by atomic mass is 19.1. The van der Waals surface area contributed by atoms with E-state index in [1.165, 1.54) is 0 Å². The Morgan fingerprint density at radius 2 is 2.05 bits per heavy atom. The number of pyridine rings is 1. The van der Waals surface area contributed by atoms with Gasteiger partial charge < -0.3 is 9.84 Å². The fourth-order valence-corrected chi connectivity index (χ4v) is 1.44. The van der Waals surface area contributed by atoms with Crippen LogP contribution in [0.2, 0.25) is 0 Å². The molecule has 0 bridgehead atoms. The highest BCUT2D eigenvalue weighted by Gasteiger charge is 2.20. The lowest BCUT2D eigenvalue weighted by molar-refractivity contribution is -0.385. The van der Waals surface area contributed by atoms with E-state index >= 15 is 0 Å².